The molecular formula is C16H15N5S. The van der Waals surface area contributed by atoms with Crippen LogP contribution in [0.25, 0.3) is 11.0 Å². The Morgan fingerprint density at radius 1 is 1.09 bits per heavy atom. The molecule has 6 heteroatoms. The largest absolute Gasteiger partial charge is 0.384 e. The van der Waals surface area contributed by atoms with Gasteiger partial charge in [0.25, 0.3) is 0 Å². The van der Waals surface area contributed by atoms with Gasteiger partial charge < -0.3 is 10.6 Å². The van der Waals surface area contributed by atoms with Gasteiger partial charge in [-0.2, -0.15) is 0 Å². The maximum atomic E-state index is 5.75. The summed E-state index contributed by atoms with van der Waals surface area (Å²) in [5.41, 5.74) is 7.73. The molecule has 2 N–H and O–H groups in total. The number of aromatic nitrogens is 3. The second-order valence-corrected chi connectivity index (χ2v) is 6.32. The highest BCUT2D eigenvalue weighted by atomic mass is 32.2. The predicted octanol–water partition coefficient (Wildman–Crippen LogP) is 2.72. The third-order valence-electron chi connectivity index (χ3n) is 3.75. The van der Waals surface area contributed by atoms with Gasteiger partial charge in [-0.25, -0.2) is 15.0 Å². The molecular weight excluding hydrogens is 294 g/mol. The molecule has 0 saturated carbocycles. The van der Waals surface area contributed by atoms with Crippen molar-refractivity contribution >= 4 is 34.4 Å². The third kappa shape index (κ3) is 2.35. The minimum Gasteiger partial charge on any atom is -0.384 e. The van der Waals surface area contributed by atoms with Crippen LogP contribution in [-0.4, -0.2) is 27.2 Å². The van der Waals surface area contributed by atoms with E-state index in [2.05, 4.69) is 44.1 Å². The van der Waals surface area contributed by atoms with Gasteiger partial charge in [-0.05, 0) is 23.8 Å². The Morgan fingerprint density at radius 2 is 2.00 bits per heavy atom. The van der Waals surface area contributed by atoms with E-state index < -0.39 is 0 Å². The third-order valence-corrected chi connectivity index (χ3v) is 4.85. The second kappa shape index (κ2) is 5.46. The number of nitrogens with two attached hydrogens (primary N) is 1. The number of hydrogen-bond acceptors (Lipinski definition) is 6. The fourth-order valence-electron chi connectivity index (χ4n) is 2.70. The molecule has 0 spiro atoms. The van der Waals surface area contributed by atoms with E-state index in [0.29, 0.717) is 11.5 Å². The molecule has 22 heavy (non-hydrogen) atoms. The normalized spacial score (nSPS) is 14.6. The molecule has 1 aliphatic heterocycles. The lowest BCUT2D eigenvalue weighted by atomic mass is 10.2. The number of thioether (sulfide) groups is 1. The first-order valence-electron chi connectivity index (χ1n) is 7.14. The van der Waals surface area contributed by atoms with Gasteiger partial charge in [0.1, 0.15) is 18.0 Å². The molecule has 0 atom stereocenters. The first-order chi connectivity index (χ1) is 10.8. The minimum atomic E-state index is 0.480. The number of nitrogens with zero attached hydrogens (tertiary/aromatic N) is 4. The standard InChI is InChI=1S/C16H15N5S/c17-14-6-5-12-15(20-14)18-10-19-16(12)21-7-8-22-13-4-2-1-3-11(13)9-21/h1-6,10H,7-9H2,(H2,17,18,19,20). The lowest BCUT2D eigenvalue weighted by Crippen LogP contribution is -2.25. The van der Waals surface area contributed by atoms with Gasteiger partial charge in [0.2, 0.25) is 0 Å². The van der Waals surface area contributed by atoms with Crippen LogP contribution in [0.15, 0.2) is 47.6 Å². The first kappa shape index (κ1) is 13.3. The van der Waals surface area contributed by atoms with Gasteiger partial charge in [-0.15, -0.1) is 11.8 Å². The Labute approximate surface area is 132 Å². The molecule has 0 radical (unpaired) electrons. The summed E-state index contributed by atoms with van der Waals surface area (Å²) in [7, 11) is 0. The number of pyridine rings is 1. The van der Waals surface area contributed by atoms with Gasteiger partial charge in [0, 0.05) is 23.7 Å². The van der Waals surface area contributed by atoms with E-state index in [-0.39, 0.29) is 0 Å². The van der Waals surface area contributed by atoms with Crippen molar-refractivity contribution in [3.05, 3.63) is 48.3 Å². The summed E-state index contributed by atoms with van der Waals surface area (Å²) in [6.07, 6.45) is 1.56. The van der Waals surface area contributed by atoms with Gasteiger partial charge in [-0.3, -0.25) is 0 Å². The maximum absolute atomic E-state index is 5.75. The monoisotopic (exact) mass is 309 g/mol. The van der Waals surface area contributed by atoms with Crippen LogP contribution in [0.4, 0.5) is 11.6 Å². The van der Waals surface area contributed by atoms with Crippen LogP contribution in [0.3, 0.4) is 0 Å². The summed E-state index contributed by atoms with van der Waals surface area (Å²) in [4.78, 5) is 16.7. The van der Waals surface area contributed by atoms with E-state index in [1.807, 2.05) is 17.8 Å². The van der Waals surface area contributed by atoms with Crippen molar-refractivity contribution in [1.82, 2.24) is 15.0 Å². The molecule has 2 aromatic heterocycles. The summed E-state index contributed by atoms with van der Waals surface area (Å²) >= 11 is 1.90. The molecule has 3 aromatic rings. The van der Waals surface area contributed by atoms with Crippen LogP contribution in [-0.2, 0) is 6.54 Å². The maximum Gasteiger partial charge on any atom is 0.166 e. The summed E-state index contributed by atoms with van der Waals surface area (Å²) in [6, 6.07) is 12.3. The number of rotatable bonds is 1. The van der Waals surface area contributed by atoms with Crippen LogP contribution in [0, 0.1) is 0 Å². The molecule has 3 heterocycles. The van der Waals surface area contributed by atoms with Crippen LogP contribution in [0.5, 0.6) is 0 Å². The summed E-state index contributed by atoms with van der Waals surface area (Å²) < 4.78 is 0. The highest BCUT2D eigenvalue weighted by Gasteiger charge is 2.18. The smallest absolute Gasteiger partial charge is 0.166 e. The van der Waals surface area contributed by atoms with Crippen LogP contribution in [0.1, 0.15) is 5.56 Å². The SMILES string of the molecule is Nc1ccc2c(N3CCSc4ccccc4C3)ncnc2n1. The zero-order chi connectivity index (χ0) is 14.9. The Balaban J connectivity index is 1.79. The molecule has 0 amide bonds. The Hall–Kier alpha value is -2.34. The van der Waals surface area contributed by atoms with Gasteiger partial charge >= 0.3 is 0 Å². The van der Waals surface area contributed by atoms with E-state index in [1.165, 1.54) is 10.5 Å². The number of anilines is 2. The van der Waals surface area contributed by atoms with Gasteiger partial charge in [0.05, 0.1) is 5.39 Å². The topological polar surface area (TPSA) is 67.9 Å². The summed E-state index contributed by atoms with van der Waals surface area (Å²) in [5.74, 6) is 2.44. The highest BCUT2D eigenvalue weighted by Crippen LogP contribution is 2.31. The van der Waals surface area contributed by atoms with Crippen molar-refractivity contribution in [3.8, 4) is 0 Å². The molecule has 110 valence electrons. The second-order valence-electron chi connectivity index (χ2n) is 5.18. The van der Waals surface area contributed by atoms with E-state index in [4.69, 9.17) is 5.73 Å². The number of benzene rings is 1. The zero-order valence-electron chi connectivity index (χ0n) is 11.9. The average Bonchev–Trinajstić information content (AvgIpc) is 2.76. The van der Waals surface area contributed by atoms with Crippen molar-refractivity contribution in [1.29, 1.82) is 0 Å². The Bertz CT molecular complexity index is 836. The van der Waals surface area contributed by atoms with E-state index in [9.17, 15) is 0 Å². The lowest BCUT2D eigenvalue weighted by Gasteiger charge is -2.22. The molecule has 5 nitrogen and oxygen atoms in total. The quantitative estimate of drug-likeness (QED) is 0.745. The molecule has 1 aliphatic rings. The van der Waals surface area contributed by atoms with E-state index in [1.54, 1.807) is 12.4 Å². The zero-order valence-corrected chi connectivity index (χ0v) is 12.8. The number of fused-ring (bicyclic) bond motifs is 2. The lowest BCUT2D eigenvalue weighted by molar-refractivity contribution is 0.820. The van der Waals surface area contributed by atoms with Gasteiger partial charge in [-0.1, -0.05) is 18.2 Å². The van der Waals surface area contributed by atoms with Crippen LogP contribution < -0.4 is 10.6 Å². The first-order valence-corrected chi connectivity index (χ1v) is 8.13. The van der Waals surface area contributed by atoms with Gasteiger partial charge in [0.15, 0.2) is 5.65 Å². The predicted molar refractivity (Wildman–Crippen MR) is 90.0 cm³/mol. The van der Waals surface area contributed by atoms with Crippen LogP contribution in [0.2, 0.25) is 0 Å². The molecule has 1 aromatic carbocycles. The molecule has 0 fully saturated rings. The van der Waals surface area contributed by atoms with Crippen molar-refractivity contribution in [3.63, 3.8) is 0 Å². The molecule has 0 saturated heterocycles. The number of nitrogen functional groups attached to an aromatic ring is 1. The van der Waals surface area contributed by atoms with Crippen molar-refractivity contribution in [2.45, 2.75) is 11.4 Å². The van der Waals surface area contributed by atoms with Crippen molar-refractivity contribution in [2.75, 3.05) is 22.9 Å². The fourth-order valence-corrected chi connectivity index (χ4v) is 3.73. The average molecular weight is 309 g/mol. The van der Waals surface area contributed by atoms with Crippen molar-refractivity contribution < 1.29 is 0 Å². The Morgan fingerprint density at radius 3 is 2.95 bits per heavy atom. The molecule has 0 unspecified atom stereocenters. The summed E-state index contributed by atoms with van der Waals surface area (Å²) in [6.45, 7) is 1.79. The highest BCUT2D eigenvalue weighted by molar-refractivity contribution is 7.99. The molecule has 0 bridgehead atoms. The molecule has 4 rings (SSSR count). The fraction of sp³-hybridized carbons (Fsp3) is 0.188. The molecule has 0 aliphatic carbocycles. The summed E-state index contributed by atoms with van der Waals surface area (Å²) in [5, 5.41) is 0.945. The van der Waals surface area contributed by atoms with E-state index >= 15 is 0 Å². The minimum absolute atomic E-state index is 0.480. The number of hydrogen-bond donors (Lipinski definition) is 1. The van der Waals surface area contributed by atoms with Crippen LogP contribution >= 0.6 is 11.8 Å². The van der Waals surface area contributed by atoms with Crippen molar-refractivity contribution in [2.24, 2.45) is 0 Å². The van der Waals surface area contributed by atoms with E-state index in [0.717, 1.165) is 30.0 Å². The Kier molecular flexibility index (Phi) is 3.31.